The van der Waals surface area contributed by atoms with E-state index in [2.05, 4.69) is 64.3 Å². The van der Waals surface area contributed by atoms with Crippen molar-refractivity contribution >= 4 is 0 Å². The van der Waals surface area contributed by atoms with Crippen LogP contribution in [0.1, 0.15) is 103 Å². The Kier molecular flexibility index (Phi) is 9.56. The van der Waals surface area contributed by atoms with Crippen molar-refractivity contribution in [3.8, 4) is 0 Å². The van der Waals surface area contributed by atoms with Crippen molar-refractivity contribution in [1.82, 2.24) is 0 Å². The SMILES string of the molecule is C=C(C)CCCC(=C)C1(c2ccccc2)CC1.CCCC1CCCCC1CC. The Hall–Kier alpha value is -1.30. The van der Waals surface area contributed by atoms with Crippen LogP contribution < -0.4 is 0 Å². The van der Waals surface area contributed by atoms with Crippen LogP contribution in [0.4, 0.5) is 0 Å². The van der Waals surface area contributed by atoms with Crippen LogP contribution in [-0.4, -0.2) is 0 Å². The maximum atomic E-state index is 4.33. The van der Waals surface area contributed by atoms with Gasteiger partial charge in [0.15, 0.2) is 0 Å². The molecular formula is C28H44. The second-order valence-corrected chi connectivity index (χ2v) is 9.36. The Morgan fingerprint density at radius 2 is 1.61 bits per heavy atom. The summed E-state index contributed by atoms with van der Waals surface area (Å²) in [4.78, 5) is 0. The molecule has 2 fully saturated rings. The average Bonchev–Trinajstić information content (AvgIpc) is 3.52. The normalized spacial score (nSPS) is 22.7. The lowest BCUT2D eigenvalue weighted by atomic mass is 9.76. The van der Waals surface area contributed by atoms with E-state index >= 15 is 0 Å². The van der Waals surface area contributed by atoms with E-state index in [1.807, 2.05) is 0 Å². The predicted molar refractivity (Wildman–Crippen MR) is 126 cm³/mol. The summed E-state index contributed by atoms with van der Waals surface area (Å²) >= 11 is 0. The van der Waals surface area contributed by atoms with Gasteiger partial charge in [0.25, 0.3) is 0 Å². The maximum absolute atomic E-state index is 4.33. The minimum atomic E-state index is 0.316. The summed E-state index contributed by atoms with van der Waals surface area (Å²) in [5, 5.41) is 0. The van der Waals surface area contributed by atoms with Gasteiger partial charge in [0, 0.05) is 5.41 Å². The van der Waals surface area contributed by atoms with E-state index in [1.165, 1.54) is 80.9 Å². The van der Waals surface area contributed by atoms with E-state index in [9.17, 15) is 0 Å². The van der Waals surface area contributed by atoms with Gasteiger partial charge >= 0.3 is 0 Å². The van der Waals surface area contributed by atoms with Crippen LogP contribution in [-0.2, 0) is 5.41 Å². The average molecular weight is 381 g/mol. The molecule has 0 bridgehead atoms. The van der Waals surface area contributed by atoms with Crippen LogP contribution in [0, 0.1) is 11.8 Å². The van der Waals surface area contributed by atoms with E-state index in [4.69, 9.17) is 0 Å². The second kappa shape index (κ2) is 11.6. The van der Waals surface area contributed by atoms with E-state index in [-0.39, 0.29) is 0 Å². The highest BCUT2D eigenvalue weighted by molar-refractivity contribution is 5.41. The summed E-state index contributed by atoms with van der Waals surface area (Å²) in [7, 11) is 0. The molecule has 0 aliphatic heterocycles. The Balaban J connectivity index is 0.000000221. The van der Waals surface area contributed by atoms with Crippen LogP contribution >= 0.6 is 0 Å². The Bertz CT molecular complexity index is 588. The first-order valence-electron chi connectivity index (χ1n) is 11.9. The standard InChI is InChI=1S/C17H22.C11H22/c1-14(2)8-7-9-15(3)17(12-13-17)16-10-5-4-6-11-16;1-3-7-11-9-6-5-8-10(11)4-2/h4-6,10-11H,1,3,7-9,12-13H2,2H3;10-11H,3-9H2,1-2H3. The smallest absolute Gasteiger partial charge is 0.0160 e. The Morgan fingerprint density at radius 3 is 2.14 bits per heavy atom. The van der Waals surface area contributed by atoms with Crippen LogP contribution in [0.2, 0.25) is 0 Å². The molecule has 1 aromatic rings. The van der Waals surface area contributed by atoms with Gasteiger partial charge in [0.05, 0.1) is 0 Å². The lowest BCUT2D eigenvalue weighted by Crippen LogP contribution is -2.18. The minimum Gasteiger partial charge on any atom is -0.100 e. The van der Waals surface area contributed by atoms with Gasteiger partial charge in [-0.1, -0.05) is 107 Å². The largest absolute Gasteiger partial charge is 0.100 e. The third-order valence-corrected chi connectivity index (χ3v) is 7.09. The number of allylic oxidation sites excluding steroid dienone is 2. The molecule has 3 rings (SSSR count). The van der Waals surface area contributed by atoms with Crippen molar-refractivity contribution in [2.75, 3.05) is 0 Å². The highest BCUT2D eigenvalue weighted by Crippen LogP contribution is 2.54. The fourth-order valence-corrected chi connectivity index (χ4v) is 5.14. The molecule has 0 aromatic heterocycles. The molecule has 0 N–H and O–H groups in total. The Labute approximate surface area is 175 Å². The van der Waals surface area contributed by atoms with Crippen molar-refractivity contribution in [2.45, 2.75) is 103 Å². The van der Waals surface area contributed by atoms with Gasteiger partial charge in [-0.2, -0.15) is 0 Å². The third kappa shape index (κ3) is 6.64. The van der Waals surface area contributed by atoms with Gasteiger partial charge in [-0.15, -0.1) is 6.58 Å². The molecule has 0 heterocycles. The molecule has 1 aromatic carbocycles. The van der Waals surface area contributed by atoms with Gasteiger partial charge in [-0.25, -0.2) is 0 Å². The first-order chi connectivity index (χ1) is 13.5. The van der Waals surface area contributed by atoms with Crippen LogP contribution in [0.5, 0.6) is 0 Å². The molecule has 0 radical (unpaired) electrons. The lowest BCUT2D eigenvalue weighted by Gasteiger charge is -2.30. The molecule has 0 spiro atoms. The van der Waals surface area contributed by atoms with E-state index in [0.29, 0.717) is 5.41 Å². The fourth-order valence-electron chi connectivity index (χ4n) is 5.14. The molecule has 0 heteroatoms. The number of benzene rings is 1. The van der Waals surface area contributed by atoms with E-state index < -0.39 is 0 Å². The van der Waals surface area contributed by atoms with Crippen LogP contribution in [0.25, 0.3) is 0 Å². The molecule has 2 saturated carbocycles. The van der Waals surface area contributed by atoms with Gasteiger partial charge in [-0.05, 0) is 56.4 Å². The molecule has 0 saturated heterocycles. The first-order valence-corrected chi connectivity index (χ1v) is 11.9. The lowest BCUT2D eigenvalue weighted by molar-refractivity contribution is 0.216. The van der Waals surface area contributed by atoms with E-state index in [0.717, 1.165) is 24.7 Å². The second-order valence-electron chi connectivity index (χ2n) is 9.36. The number of rotatable bonds is 9. The van der Waals surface area contributed by atoms with E-state index in [1.54, 1.807) is 0 Å². The summed E-state index contributed by atoms with van der Waals surface area (Å²) in [6.45, 7) is 15.1. The molecule has 2 aliphatic carbocycles. The molecule has 156 valence electrons. The topological polar surface area (TPSA) is 0 Å². The highest BCUT2D eigenvalue weighted by atomic mass is 14.5. The van der Waals surface area contributed by atoms with Crippen molar-refractivity contribution in [1.29, 1.82) is 0 Å². The number of hydrogen-bond acceptors (Lipinski definition) is 0. The van der Waals surface area contributed by atoms with Gasteiger partial charge < -0.3 is 0 Å². The quantitative estimate of drug-likeness (QED) is 0.375. The van der Waals surface area contributed by atoms with Gasteiger partial charge in [0.1, 0.15) is 0 Å². The van der Waals surface area contributed by atoms with Crippen molar-refractivity contribution in [2.24, 2.45) is 11.8 Å². The highest BCUT2D eigenvalue weighted by Gasteiger charge is 2.45. The predicted octanol–water partition coefficient (Wildman–Crippen LogP) is 9.02. The molecule has 0 nitrogen and oxygen atoms in total. The van der Waals surface area contributed by atoms with Gasteiger partial charge in [-0.3, -0.25) is 0 Å². The zero-order chi connectivity index (χ0) is 20.4. The summed E-state index contributed by atoms with van der Waals surface area (Å²) in [5.41, 5.74) is 4.48. The van der Waals surface area contributed by atoms with Crippen molar-refractivity contribution < 1.29 is 0 Å². The summed E-state index contributed by atoms with van der Waals surface area (Å²) in [6, 6.07) is 10.9. The molecule has 2 aliphatic rings. The zero-order valence-electron chi connectivity index (χ0n) is 18.9. The fraction of sp³-hybridized carbons (Fsp3) is 0.643. The first kappa shape index (κ1) is 23.0. The van der Waals surface area contributed by atoms with Crippen molar-refractivity contribution in [3.63, 3.8) is 0 Å². The summed E-state index contributed by atoms with van der Waals surface area (Å²) < 4.78 is 0. The van der Waals surface area contributed by atoms with Crippen LogP contribution in [0.3, 0.4) is 0 Å². The minimum absolute atomic E-state index is 0.316. The monoisotopic (exact) mass is 380 g/mol. The number of hydrogen-bond donors (Lipinski definition) is 0. The zero-order valence-corrected chi connectivity index (χ0v) is 18.9. The third-order valence-electron chi connectivity index (χ3n) is 7.09. The van der Waals surface area contributed by atoms with Crippen LogP contribution in [0.15, 0.2) is 54.6 Å². The van der Waals surface area contributed by atoms with Gasteiger partial charge in [0.2, 0.25) is 0 Å². The molecule has 2 atom stereocenters. The Morgan fingerprint density at radius 1 is 0.964 bits per heavy atom. The maximum Gasteiger partial charge on any atom is 0.0160 e. The molecule has 0 amide bonds. The van der Waals surface area contributed by atoms with Crippen molar-refractivity contribution in [3.05, 3.63) is 60.2 Å². The molecule has 2 unspecified atom stereocenters. The summed E-state index contributed by atoms with van der Waals surface area (Å²) in [6.07, 6.45) is 16.4. The molecular weight excluding hydrogens is 336 g/mol. The molecule has 28 heavy (non-hydrogen) atoms. The summed E-state index contributed by atoms with van der Waals surface area (Å²) in [5.74, 6) is 2.16.